The molecule has 1 heterocycles. The van der Waals surface area contributed by atoms with Gasteiger partial charge < -0.3 is 11.1 Å². The predicted molar refractivity (Wildman–Crippen MR) is 76.1 cm³/mol. The highest BCUT2D eigenvalue weighted by Crippen LogP contribution is 2.13. The van der Waals surface area contributed by atoms with E-state index in [4.69, 9.17) is 5.73 Å². The maximum atomic E-state index is 13.0. The van der Waals surface area contributed by atoms with E-state index in [1.54, 1.807) is 24.4 Å². The van der Waals surface area contributed by atoms with Crippen molar-refractivity contribution in [2.75, 3.05) is 11.9 Å². The molecular formula is C15H16FN3O. The first kappa shape index (κ1) is 14.0. The lowest BCUT2D eigenvalue weighted by Crippen LogP contribution is -2.16. The van der Waals surface area contributed by atoms with Gasteiger partial charge >= 0.3 is 0 Å². The van der Waals surface area contributed by atoms with Crippen molar-refractivity contribution in [3.05, 3.63) is 59.0 Å². The Morgan fingerprint density at radius 2 is 2.20 bits per heavy atom. The van der Waals surface area contributed by atoms with E-state index in [9.17, 15) is 9.18 Å². The Bertz CT molecular complexity index is 628. The first-order chi connectivity index (χ1) is 9.58. The van der Waals surface area contributed by atoms with Crippen LogP contribution < -0.4 is 11.1 Å². The smallest absolute Gasteiger partial charge is 0.252 e. The molecule has 2 aromatic rings. The van der Waals surface area contributed by atoms with Crippen molar-refractivity contribution in [1.82, 2.24) is 4.98 Å². The summed E-state index contributed by atoms with van der Waals surface area (Å²) in [5.74, 6) is -0.279. The Hall–Kier alpha value is -2.43. The number of nitrogens with one attached hydrogen (secondary N) is 1. The van der Waals surface area contributed by atoms with Crippen LogP contribution in [0.4, 0.5) is 10.2 Å². The molecule has 1 aromatic carbocycles. The van der Waals surface area contributed by atoms with Gasteiger partial charge in [0.05, 0.1) is 5.56 Å². The number of carbonyl (C=O) groups is 1. The molecule has 3 N–H and O–H groups in total. The zero-order chi connectivity index (χ0) is 14.5. The summed E-state index contributed by atoms with van der Waals surface area (Å²) >= 11 is 0. The SMILES string of the molecule is Cc1cc(F)ccc1CCNc1ncccc1C(N)=O. The summed E-state index contributed by atoms with van der Waals surface area (Å²) in [6, 6.07) is 8.00. The van der Waals surface area contributed by atoms with E-state index in [1.807, 2.05) is 6.92 Å². The van der Waals surface area contributed by atoms with Crippen molar-refractivity contribution in [2.24, 2.45) is 5.73 Å². The zero-order valence-electron chi connectivity index (χ0n) is 11.2. The molecule has 2 rings (SSSR count). The second kappa shape index (κ2) is 6.14. The molecule has 0 bridgehead atoms. The van der Waals surface area contributed by atoms with Crippen molar-refractivity contribution in [2.45, 2.75) is 13.3 Å². The van der Waals surface area contributed by atoms with Crippen LogP contribution in [0.15, 0.2) is 36.5 Å². The third-order valence-electron chi connectivity index (χ3n) is 3.06. The van der Waals surface area contributed by atoms with Crippen molar-refractivity contribution in [3.8, 4) is 0 Å². The first-order valence-corrected chi connectivity index (χ1v) is 6.31. The molecule has 1 amide bonds. The van der Waals surface area contributed by atoms with Gasteiger partial charge in [-0.25, -0.2) is 9.37 Å². The number of rotatable bonds is 5. The Labute approximate surface area is 116 Å². The number of carbonyl (C=O) groups excluding carboxylic acids is 1. The molecule has 5 heteroatoms. The normalized spacial score (nSPS) is 10.3. The fraction of sp³-hybridized carbons (Fsp3) is 0.200. The van der Waals surface area contributed by atoms with E-state index in [0.29, 0.717) is 24.3 Å². The van der Waals surface area contributed by atoms with Crippen LogP contribution in [0.1, 0.15) is 21.5 Å². The lowest BCUT2D eigenvalue weighted by molar-refractivity contribution is 0.100. The van der Waals surface area contributed by atoms with Crippen LogP contribution in [0.5, 0.6) is 0 Å². The highest BCUT2D eigenvalue weighted by Gasteiger charge is 2.08. The van der Waals surface area contributed by atoms with Crippen molar-refractivity contribution >= 4 is 11.7 Å². The molecule has 0 aliphatic carbocycles. The summed E-state index contributed by atoms with van der Waals surface area (Å²) < 4.78 is 13.0. The van der Waals surface area contributed by atoms with Gasteiger partial charge in [0.1, 0.15) is 11.6 Å². The highest BCUT2D eigenvalue weighted by atomic mass is 19.1. The maximum Gasteiger partial charge on any atom is 0.252 e. The number of nitrogens with zero attached hydrogens (tertiary/aromatic N) is 1. The van der Waals surface area contributed by atoms with Gasteiger partial charge in [0.15, 0.2) is 0 Å². The summed E-state index contributed by atoms with van der Waals surface area (Å²) in [5.41, 5.74) is 7.60. The predicted octanol–water partition coefficient (Wildman–Crippen LogP) is 2.28. The van der Waals surface area contributed by atoms with E-state index >= 15 is 0 Å². The molecule has 0 atom stereocenters. The summed E-state index contributed by atoms with van der Waals surface area (Å²) in [4.78, 5) is 15.3. The molecule has 0 aliphatic rings. The quantitative estimate of drug-likeness (QED) is 0.878. The number of primary amides is 1. The molecule has 0 aliphatic heterocycles. The Kier molecular flexibility index (Phi) is 4.30. The van der Waals surface area contributed by atoms with Gasteiger partial charge in [0.2, 0.25) is 0 Å². The molecular weight excluding hydrogens is 257 g/mol. The highest BCUT2D eigenvalue weighted by molar-refractivity contribution is 5.97. The van der Waals surface area contributed by atoms with E-state index < -0.39 is 5.91 Å². The fourth-order valence-corrected chi connectivity index (χ4v) is 2.00. The number of anilines is 1. The molecule has 0 fully saturated rings. The topological polar surface area (TPSA) is 68.0 Å². The van der Waals surface area contributed by atoms with Crippen LogP contribution in [0.2, 0.25) is 0 Å². The van der Waals surface area contributed by atoms with Gasteiger partial charge in [0.25, 0.3) is 5.91 Å². The van der Waals surface area contributed by atoms with Crippen molar-refractivity contribution in [3.63, 3.8) is 0 Å². The average molecular weight is 273 g/mol. The van der Waals surface area contributed by atoms with Crippen LogP contribution in [0, 0.1) is 12.7 Å². The largest absolute Gasteiger partial charge is 0.369 e. The molecule has 1 aromatic heterocycles. The van der Waals surface area contributed by atoms with E-state index in [2.05, 4.69) is 10.3 Å². The number of benzene rings is 1. The van der Waals surface area contributed by atoms with E-state index in [1.165, 1.54) is 12.1 Å². The molecule has 104 valence electrons. The van der Waals surface area contributed by atoms with Gasteiger partial charge in [-0.05, 0) is 48.7 Å². The van der Waals surface area contributed by atoms with Crippen LogP contribution in [-0.4, -0.2) is 17.4 Å². The fourth-order valence-electron chi connectivity index (χ4n) is 2.00. The second-order valence-corrected chi connectivity index (χ2v) is 4.51. The van der Waals surface area contributed by atoms with Crippen molar-refractivity contribution in [1.29, 1.82) is 0 Å². The third kappa shape index (κ3) is 3.32. The van der Waals surface area contributed by atoms with Gasteiger partial charge in [-0.3, -0.25) is 4.79 Å². The zero-order valence-corrected chi connectivity index (χ0v) is 11.2. The number of hydrogen-bond donors (Lipinski definition) is 2. The number of amides is 1. The molecule has 0 radical (unpaired) electrons. The number of aryl methyl sites for hydroxylation is 1. The Morgan fingerprint density at radius 3 is 2.90 bits per heavy atom. The third-order valence-corrected chi connectivity index (χ3v) is 3.06. The minimum Gasteiger partial charge on any atom is -0.369 e. The van der Waals surface area contributed by atoms with Crippen molar-refractivity contribution < 1.29 is 9.18 Å². The molecule has 0 saturated carbocycles. The van der Waals surface area contributed by atoms with Gasteiger partial charge in [0, 0.05) is 12.7 Å². The summed E-state index contributed by atoms with van der Waals surface area (Å²) in [5, 5.41) is 3.08. The van der Waals surface area contributed by atoms with Gasteiger partial charge in [-0.1, -0.05) is 6.07 Å². The summed E-state index contributed by atoms with van der Waals surface area (Å²) in [7, 11) is 0. The lowest BCUT2D eigenvalue weighted by Gasteiger charge is -2.10. The number of pyridine rings is 1. The number of nitrogens with two attached hydrogens (primary N) is 1. The van der Waals surface area contributed by atoms with Gasteiger partial charge in [-0.15, -0.1) is 0 Å². The first-order valence-electron chi connectivity index (χ1n) is 6.31. The number of halogens is 1. The second-order valence-electron chi connectivity index (χ2n) is 4.51. The van der Waals surface area contributed by atoms with Crippen LogP contribution in [0.25, 0.3) is 0 Å². The average Bonchev–Trinajstić information content (AvgIpc) is 2.41. The number of aromatic nitrogens is 1. The number of hydrogen-bond acceptors (Lipinski definition) is 3. The molecule has 0 unspecified atom stereocenters. The Balaban J connectivity index is 2.01. The molecule has 4 nitrogen and oxygen atoms in total. The summed E-state index contributed by atoms with van der Waals surface area (Å²) in [6.07, 6.45) is 2.30. The van der Waals surface area contributed by atoms with Gasteiger partial charge in [-0.2, -0.15) is 0 Å². The van der Waals surface area contributed by atoms with Crippen LogP contribution in [0.3, 0.4) is 0 Å². The standard InChI is InChI=1S/C15H16FN3O/c1-10-9-12(16)5-4-11(10)6-8-19-15-13(14(17)20)3-2-7-18-15/h2-5,7,9H,6,8H2,1H3,(H2,17,20)(H,18,19). The molecule has 20 heavy (non-hydrogen) atoms. The van der Waals surface area contributed by atoms with Crippen LogP contribution >= 0.6 is 0 Å². The minimum absolute atomic E-state index is 0.236. The van der Waals surface area contributed by atoms with E-state index in [0.717, 1.165) is 11.1 Å². The Morgan fingerprint density at radius 1 is 1.40 bits per heavy atom. The van der Waals surface area contributed by atoms with E-state index in [-0.39, 0.29) is 5.82 Å². The monoisotopic (exact) mass is 273 g/mol. The molecule has 0 spiro atoms. The lowest BCUT2D eigenvalue weighted by atomic mass is 10.1. The minimum atomic E-state index is -0.515. The molecule has 0 saturated heterocycles. The van der Waals surface area contributed by atoms with Crippen LogP contribution in [-0.2, 0) is 6.42 Å². The maximum absolute atomic E-state index is 13.0. The summed E-state index contributed by atoms with van der Waals surface area (Å²) in [6.45, 7) is 2.46.